The van der Waals surface area contributed by atoms with Crippen molar-refractivity contribution in [3.05, 3.63) is 42.2 Å². The first-order valence-corrected chi connectivity index (χ1v) is 9.58. The van der Waals surface area contributed by atoms with Crippen molar-refractivity contribution in [2.45, 2.75) is 31.7 Å². The molecule has 1 atom stereocenters. The van der Waals surface area contributed by atoms with Gasteiger partial charge >= 0.3 is 0 Å². The monoisotopic (exact) mass is 367 g/mol. The van der Waals surface area contributed by atoms with Gasteiger partial charge in [-0.3, -0.25) is 4.79 Å². The number of aliphatic hydroxyl groups excluding tert-OH is 1. The SMILES string of the molecule is O=C(CNc1cc(N2CCCC2CO)ncn1)N1CCCc2ccccc21. The first-order chi connectivity index (χ1) is 13.3. The molecule has 3 heterocycles. The maximum absolute atomic E-state index is 12.8. The third-order valence-corrected chi connectivity index (χ3v) is 5.37. The second-order valence-corrected chi connectivity index (χ2v) is 7.06. The molecule has 1 aromatic heterocycles. The quantitative estimate of drug-likeness (QED) is 0.839. The van der Waals surface area contributed by atoms with E-state index in [4.69, 9.17) is 0 Å². The molecule has 0 radical (unpaired) electrons. The lowest BCUT2D eigenvalue weighted by molar-refractivity contribution is -0.117. The van der Waals surface area contributed by atoms with E-state index in [1.165, 1.54) is 11.9 Å². The number of benzene rings is 1. The highest BCUT2D eigenvalue weighted by Crippen LogP contribution is 2.27. The highest BCUT2D eigenvalue weighted by atomic mass is 16.3. The van der Waals surface area contributed by atoms with Crippen LogP contribution in [0, 0.1) is 0 Å². The van der Waals surface area contributed by atoms with Crippen LogP contribution in [-0.4, -0.2) is 53.3 Å². The smallest absolute Gasteiger partial charge is 0.246 e. The van der Waals surface area contributed by atoms with E-state index in [0.717, 1.165) is 50.3 Å². The number of para-hydroxylation sites is 1. The van der Waals surface area contributed by atoms with Gasteiger partial charge in [-0.05, 0) is 37.3 Å². The number of hydrogen-bond donors (Lipinski definition) is 2. The summed E-state index contributed by atoms with van der Waals surface area (Å²) in [6, 6.07) is 10.1. The number of aromatic nitrogens is 2. The number of carbonyl (C=O) groups excluding carboxylic acids is 1. The molecule has 0 aliphatic carbocycles. The summed E-state index contributed by atoms with van der Waals surface area (Å²) < 4.78 is 0. The van der Waals surface area contributed by atoms with E-state index < -0.39 is 0 Å². The lowest BCUT2D eigenvalue weighted by atomic mass is 10.0. The van der Waals surface area contributed by atoms with Crippen molar-refractivity contribution < 1.29 is 9.90 Å². The minimum atomic E-state index is 0.0386. The first-order valence-electron chi connectivity index (χ1n) is 9.58. The average Bonchev–Trinajstić information content (AvgIpc) is 3.21. The number of anilines is 3. The Kier molecular flexibility index (Phi) is 5.20. The second kappa shape index (κ2) is 7.92. The Balaban J connectivity index is 1.42. The molecule has 142 valence electrons. The minimum Gasteiger partial charge on any atom is -0.394 e. The van der Waals surface area contributed by atoms with Crippen LogP contribution < -0.4 is 15.1 Å². The van der Waals surface area contributed by atoms with Gasteiger partial charge in [-0.25, -0.2) is 9.97 Å². The van der Waals surface area contributed by atoms with Crippen LogP contribution in [0.4, 0.5) is 17.3 Å². The van der Waals surface area contributed by atoms with E-state index in [2.05, 4.69) is 26.3 Å². The molecule has 7 nitrogen and oxygen atoms in total. The van der Waals surface area contributed by atoms with E-state index in [0.29, 0.717) is 5.82 Å². The van der Waals surface area contributed by atoms with Crippen LogP contribution in [0.5, 0.6) is 0 Å². The zero-order chi connectivity index (χ0) is 18.6. The fraction of sp³-hybridized carbons (Fsp3) is 0.450. The number of amides is 1. The molecule has 1 fully saturated rings. The van der Waals surface area contributed by atoms with Gasteiger partial charge in [0.2, 0.25) is 5.91 Å². The molecule has 27 heavy (non-hydrogen) atoms. The van der Waals surface area contributed by atoms with Gasteiger partial charge in [-0.15, -0.1) is 0 Å². The maximum Gasteiger partial charge on any atom is 0.246 e. The third kappa shape index (κ3) is 3.73. The third-order valence-electron chi connectivity index (χ3n) is 5.37. The van der Waals surface area contributed by atoms with Gasteiger partial charge < -0.3 is 20.2 Å². The first kappa shape index (κ1) is 17.7. The van der Waals surface area contributed by atoms with E-state index in [1.54, 1.807) is 0 Å². The molecule has 7 heteroatoms. The largest absolute Gasteiger partial charge is 0.394 e. The highest BCUT2D eigenvalue weighted by molar-refractivity contribution is 5.97. The van der Waals surface area contributed by atoms with Crippen molar-refractivity contribution in [3.8, 4) is 0 Å². The van der Waals surface area contributed by atoms with Crippen LogP contribution in [0.25, 0.3) is 0 Å². The van der Waals surface area contributed by atoms with Gasteiger partial charge in [0, 0.05) is 24.8 Å². The summed E-state index contributed by atoms with van der Waals surface area (Å²) in [5.41, 5.74) is 2.24. The van der Waals surface area contributed by atoms with Gasteiger partial charge in [0.25, 0.3) is 0 Å². The topological polar surface area (TPSA) is 81.6 Å². The molecule has 1 amide bonds. The fourth-order valence-electron chi connectivity index (χ4n) is 3.98. The van der Waals surface area contributed by atoms with Crippen LogP contribution in [0.15, 0.2) is 36.7 Å². The zero-order valence-electron chi connectivity index (χ0n) is 15.3. The number of aryl methyl sites for hydroxylation is 1. The van der Waals surface area contributed by atoms with E-state index in [9.17, 15) is 9.90 Å². The van der Waals surface area contributed by atoms with Crippen molar-refractivity contribution in [3.63, 3.8) is 0 Å². The number of carbonyl (C=O) groups is 1. The Morgan fingerprint density at radius 1 is 1.22 bits per heavy atom. The molecule has 2 aliphatic rings. The lowest BCUT2D eigenvalue weighted by Gasteiger charge is -2.29. The molecule has 0 spiro atoms. The number of hydrogen-bond acceptors (Lipinski definition) is 6. The molecule has 0 bridgehead atoms. The molecule has 2 aliphatic heterocycles. The van der Waals surface area contributed by atoms with Crippen molar-refractivity contribution in [1.82, 2.24) is 9.97 Å². The van der Waals surface area contributed by atoms with Crippen LogP contribution >= 0.6 is 0 Å². The number of nitrogens with one attached hydrogen (secondary N) is 1. The molecule has 1 aromatic carbocycles. The second-order valence-electron chi connectivity index (χ2n) is 7.06. The Morgan fingerprint density at radius 2 is 2.11 bits per heavy atom. The van der Waals surface area contributed by atoms with Gasteiger partial charge in [-0.1, -0.05) is 18.2 Å². The van der Waals surface area contributed by atoms with Crippen molar-refractivity contribution in [2.75, 3.05) is 41.4 Å². The lowest BCUT2D eigenvalue weighted by Crippen LogP contribution is -2.39. The predicted molar refractivity (Wildman–Crippen MR) is 105 cm³/mol. The number of fused-ring (bicyclic) bond motifs is 1. The highest BCUT2D eigenvalue weighted by Gasteiger charge is 2.25. The fourth-order valence-corrected chi connectivity index (χ4v) is 3.98. The summed E-state index contributed by atoms with van der Waals surface area (Å²) in [6.45, 7) is 1.94. The Labute approximate surface area is 159 Å². The van der Waals surface area contributed by atoms with Crippen LogP contribution in [0.2, 0.25) is 0 Å². The van der Waals surface area contributed by atoms with Crippen molar-refractivity contribution in [2.24, 2.45) is 0 Å². The summed E-state index contributed by atoms with van der Waals surface area (Å²) >= 11 is 0. The Bertz CT molecular complexity index is 812. The standard InChI is InChI=1S/C20H25N5O2/c26-13-16-7-4-9-24(16)19-11-18(22-14-23-19)21-12-20(27)25-10-3-6-15-5-1-2-8-17(15)25/h1-2,5,8,11,14,16,26H,3-4,6-7,9-10,12-13H2,(H,21,22,23). The van der Waals surface area contributed by atoms with Crippen LogP contribution in [0.3, 0.4) is 0 Å². The molecular formula is C20H25N5O2. The number of aliphatic hydroxyl groups is 1. The summed E-state index contributed by atoms with van der Waals surface area (Å²) in [7, 11) is 0. The van der Waals surface area contributed by atoms with Crippen molar-refractivity contribution >= 4 is 23.2 Å². The van der Waals surface area contributed by atoms with Crippen LogP contribution in [-0.2, 0) is 11.2 Å². The van der Waals surface area contributed by atoms with Gasteiger partial charge in [0.05, 0.1) is 19.2 Å². The Hall–Kier alpha value is -2.67. The summed E-state index contributed by atoms with van der Waals surface area (Å²) in [4.78, 5) is 25.3. The average molecular weight is 367 g/mol. The Morgan fingerprint density at radius 3 is 3.00 bits per heavy atom. The molecule has 2 N–H and O–H groups in total. The number of rotatable bonds is 5. The number of nitrogens with zero attached hydrogens (tertiary/aromatic N) is 4. The van der Waals surface area contributed by atoms with Gasteiger partial charge in [0.15, 0.2) is 0 Å². The predicted octanol–water partition coefficient (Wildman–Crippen LogP) is 1.83. The molecule has 2 aromatic rings. The molecule has 0 saturated carbocycles. The van der Waals surface area contributed by atoms with Crippen LogP contribution in [0.1, 0.15) is 24.8 Å². The zero-order valence-corrected chi connectivity index (χ0v) is 15.3. The van der Waals surface area contributed by atoms with Crippen molar-refractivity contribution in [1.29, 1.82) is 0 Å². The van der Waals surface area contributed by atoms with E-state index in [1.807, 2.05) is 29.2 Å². The van der Waals surface area contributed by atoms with E-state index >= 15 is 0 Å². The summed E-state index contributed by atoms with van der Waals surface area (Å²) in [5, 5.41) is 12.7. The molecular weight excluding hydrogens is 342 g/mol. The normalized spacial score (nSPS) is 19.1. The molecule has 1 saturated heterocycles. The summed E-state index contributed by atoms with van der Waals surface area (Å²) in [6.07, 6.45) is 5.52. The van der Waals surface area contributed by atoms with E-state index in [-0.39, 0.29) is 25.1 Å². The van der Waals surface area contributed by atoms with Gasteiger partial charge in [-0.2, -0.15) is 0 Å². The molecule has 1 unspecified atom stereocenters. The summed E-state index contributed by atoms with van der Waals surface area (Å²) in [5.74, 6) is 1.46. The maximum atomic E-state index is 12.8. The molecule has 4 rings (SSSR count). The van der Waals surface area contributed by atoms with Gasteiger partial charge in [0.1, 0.15) is 18.0 Å². The minimum absolute atomic E-state index is 0.0386.